The number of hydrogen-bond donors (Lipinski definition) is 1. The van der Waals surface area contributed by atoms with Gasteiger partial charge in [-0.2, -0.15) is 0 Å². The summed E-state index contributed by atoms with van der Waals surface area (Å²) in [6, 6.07) is 0. The van der Waals surface area contributed by atoms with Gasteiger partial charge in [-0.25, -0.2) is 0 Å². The van der Waals surface area contributed by atoms with Crippen LogP contribution in [-0.2, 0) is 9.53 Å². The largest absolute Gasteiger partial charge is 0.394 e. The number of hydrogen-bond acceptors (Lipinski definition) is 3. The highest BCUT2D eigenvalue weighted by atomic mass is 16.5. The average molecular weight is 239 g/mol. The maximum atomic E-state index is 12.1. The molecule has 2 aliphatic rings. The third kappa shape index (κ3) is 3.30. The van der Waals surface area contributed by atoms with E-state index in [0.717, 1.165) is 38.8 Å². The summed E-state index contributed by atoms with van der Waals surface area (Å²) in [5.41, 5.74) is 0. The molecule has 17 heavy (non-hydrogen) atoms. The van der Waals surface area contributed by atoms with E-state index in [1.54, 1.807) is 0 Å². The fourth-order valence-corrected chi connectivity index (χ4v) is 2.54. The van der Waals surface area contributed by atoms with E-state index in [-0.39, 0.29) is 18.6 Å². The topological polar surface area (TPSA) is 49.8 Å². The molecule has 0 radical (unpaired) electrons. The molecule has 0 aromatic carbocycles. The summed E-state index contributed by atoms with van der Waals surface area (Å²) in [6.07, 6.45) is 8.00. The molecule has 0 atom stereocenters. The first-order valence-corrected chi connectivity index (χ1v) is 6.47. The second-order valence-corrected chi connectivity index (χ2v) is 4.76. The fourth-order valence-electron chi connectivity index (χ4n) is 2.54. The molecule has 0 unspecified atom stereocenters. The molecule has 1 N–H and O–H groups in total. The predicted molar refractivity (Wildman–Crippen MR) is 64.5 cm³/mol. The first-order valence-electron chi connectivity index (χ1n) is 6.47. The van der Waals surface area contributed by atoms with Gasteiger partial charge in [-0.1, -0.05) is 12.2 Å². The summed E-state index contributed by atoms with van der Waals surface area (Å²) in [7, 11) is 0. The molecule has 2 rings (SSSR count). The van der Waals surface area contributed by atoms with Gasteiger partial charge in [-0.05, 0) is 25.7 Å². The Kier molecular flexibility index (Phi) is 4.57. The van der Waals surface area contributed by atoms with Crippen molar-refractivity contribution in [2.24, 2.45) is 5.92 Å². The van der Waals surface area contributed by atoms with E-state index < -0.39 is 0 Å². The zero-order valence-electron chi connectivity index (χ0n) is 10.2. The summed E-state index contributed by atoms with van der Waals surface area (Å²) < 4.78 is 5.49. The number of ether oxygens (including phenoxy) is 1. The Hall–Kier alpha value is -0.870. The smallest absolute Gasteiger partial charge is 0.226 e. The number of nitrogens with zero attached hydrogens (tertiary/aromatic N) is 1. The van der Waals surface area contributed by atoms with Crippen LogP contribution in [0.15, 0.2) is 12.2 Å². The Labute approximate surface area is 102 Å². The van der Waals surface area contributed by atoms with E-state index in [4.69, 9.17) is 9.84 Å². The second-order valence-electron chi connectivity index (χ2n) is 4.76. The van der Waals surface area contributed by atoms with Crippen molar-refractivity contribution in [2.45, 2.75) is 31.8 Å². The lowest BCUT2D eigenvalue weighted by Crippen LogP contribution is -2.43. The van der Waals surface area contributed by atoms with E-state index in [9.17, 15) is 4.79 Å². The van der Waals surface area contributed by atoms with Gasteiger partial charge in [0.05, 0.1) is 19.3 Å². The fraction of sp³-hybridized carbons (Fsp3) is 0.769. The molecule has 0 spiro atoms. The number of likely N-dealkylation sites (tertiary alicyclic amines) is 1. The number of aliphatic hydroxyl groups is 1. The van der Waals surface area contributed by atoms with Gasteiger partial charge in [-0.15, -0.1) is 0 Å². The minimum atomic E-state index is 0.0763. The Morgan fingerprint density at radius 1 is 1.29 bits per heavy atom. The quantitative estimate of drug-likeness (QED) is 0.743. The Morgan fingerprint density at radius 2 is 1.94 bits per heavy atom. The van der Waals surface area contributed by atoms with Crippen molar-refractivity contribution in [3.8, 4) is 0 Å². The van der Waals surface area contributed by atoms with E-state index in [1.165, 1.54) is 0 Å². The molecule has 4 heteroatoms. The lowest BCUT2D eigenvalue weighted by atomic mass is 10.0. The van der Waals surface area contributed by atoms with Gasteiger partial charge in [0.2, 0.25) is 5.91 Å². The number of carbonyl (C=O) groups is 1. The molecular formula is C13H21NO3. The van der Waals surface area contributed by atoms with Gasteiger partial charge in [0.25, 0.3) is 0 Å². The second kappa shape index (κ2) is 6.17. The minimum Gasteiger partial charge on any atom is -0.394 e. The summed E-state index contributed by atoms with van der Waals surface area (Å²) in [4.78, 5) is 14.1. The highest BCUT2D eigenvalue weighted by Gasteiger charge is 2.28. The van der Waals surface area contributed by atoms with E-state index in [1.807, 2.05) is 4.90 Å². The monoisotopic (exact) mass is 239 g/mol. The van der Waals surface area contributed by atoms with E-state index >= 15 is 0 Å². The molecule has 96 valence electrons. The van der Waals surface area contributed by atoms with Crippen LogP contribution in [0.5, 0.6) is 0 Å². The molecule has 0 aromatic heterocycles. The van der Waals surface area contributed by atoms with Crippen molar-refractivity contribution in [2.75, 3.05) is 26.3 Å². The van der Waals surface area contributed by atoms with Crippen molar-refractivity contribution in [3.05, 3.63) is 12.2 Å². The molecule has 1 fully saturated rings. The zero-order valence-corrected chi connectivity index (χ0v) is 10.2. The van der Waals surface area contributed by atoms with Gasteiger partial charge < -0.3 is 14.7 Å². The van der Waals surface area contributed by atoms with Crippen LogP contribution in [-0.4, -0.2) is 48.3 Å². The minimum absolute atomic E-state index is 0.0763. The summed E-state index contributed by atoms with van der Waals surface area (Å²) in [6.45, 7) is 2.08. The van der Waals surface area contributed by atoms with Gasteiger partial charge >= 0.3 is 0 Å². The number of aliphatic hydroxyl groups excluding tert-OH is 1. The van der Waals surface area contributed by atoms with Crippen LogP contribution in [0.2, 0.25) is 0 Å². The summed E-state index contributed by atoms with van der Waals surface area (Å²) in [5.74, 6) is 0.487. The highest BCUT2D eigenvalue weighted by molar-refractivity contribution is 5.79. The lowest BCUT2D eigenvalue weighted by Gasteiger charge is -2.33. The predicted octanol–water partition coefficient (Wildman–Crippen LogP) is 0.952. The normalized spacial score (nSPS) is 22.3. The number of piperidine rings is 1. The van der Waals surface area contributed by atoms with Crippen LogP contribution < -0.4 is 0 Å². The maximum absolute atomic E-state index is 12.1. The first-order chi connectivity index (χ1) is 8.31. The first kappa shape index (κ1) is 12.6. The molecule has 1 aliphatic heterocycles. The molecule has 0 aromatic rings. The maximum Gasteiger partial charge on any atom is 0.226 e. The van der Waals surface area contributed by atoms with Gasteiger partial charge in [-0.3, -0.25) is 4.79 Å². The number of carbonyl (C=O) groups excluding carboxylic acids is 1. The van der Waals surface area contributed by atoms with Crippen LogP contribution in [0.4, 0.5) is 0 Å². The van der Waals surface area contributed by atoms with Crippen LogP contribution in [0.3, 0.4) is 0 Å². The highest BCUT2D eigenvalue weighted by Crippen LogP contribution is 2.23. The Balaban J connectivity index is 1.72. The van der Waals surface area contributed by atoms with Crippen LogP contribution in [0.25, 0.3) is 0 Å². The van der Waals surface area contributed by atoms with Crippen LogP contribution in [0.1, 0.15) is 25.7 Å². The molecule has 1 amide bonds. The van der Waals surface area contributed by atoms with Crippen molar-refractivity contribution in [1.29, 1.82) is 0 Å². The summed E-state index contributed by atoms with van der Waals surface area (Å²) >= 11 is 0. The van der Waals surface area contributed by atoms with Crippen molar-refractivity contribution < 1.29 is 14.6 Å². The number of allylic oxidation sites excluding steroid dienone is 2. The molecule has 1 saturated heterocycles. The van der Waals surface area contributed by atoms with Gasteiger partial charge in [0.1, 0.15) is 0 Å². The number of rotatable bonds is 4. The lowest BCUT2D eigenvalue weighted by molar-refractivity contribution is -0.138. The average Bonchev–Trinajstić information content (AvgIpc) is 2.90. The molecule has 0 saturated carbocycles. The van der Waals surface area contributed by atoms with Crippen molar-refractivity contribution >= 4 is 5.91 Å². The SMILES string of the molecule is O=C(C1CC=CC1)N1CCC(OCCO)CC1. The Morgan fingerprint density at radius 3 is 2.53 bits per heavy atom. The van der Waals surface area contributed by atoms with Crippen LogP contribution >= 0.6 is 0 Å². The third-order valence-corrected chi connectivity index (χ3v) is 3.56. The molecule has 4 nitrogen and oxygen atoms in total. The standard InChI is InChI=1S/C13H21NO3/c15-9-10-17-12-5-7-14(8-6-12)13(16)11-3-1-2-4-11/h1-2,11-12,15H,3-10H2. The Bertz CT molecular complexity index is 274. The molecule has 1 heterocycles. The molecule has 1 aliphatic carbocycles. The zero-order chi connectivity index (χ0) is 12.1. The van der Waals surface area contributed by atoms with Crippen molar-refractivity contribution in [3.63, 3.8) is 0 Å². The number of amides is 1. The van der Waals surface area contributed by atoms with Crippen LogP contribution in [0, 0.1) is 5.92 Å². The van der Waals surface area contributed by atoms with Gasteiger partial charge in [0.15, 0.2) is 0 Å². The summed E-state index contributed by atoms with van der Waals surface area (Å²) in [5, 5.41) is 8.68. The van der Waals surface area contributed by atoms with Crippen molar-refractivity contribution in [1.82, 2.24) is 4.90 Å². The van der Waals surface area contributed by atoms with Gasteiger partial charge in [0, 0.05) is 19.0 Å². The molecular weight excluding hydrogens is 218 g/mol. The van der Waals surface area contributed by atoms with E-state index in [0.29, 0.717) is 12.5 Å². The van der Waals surface area contributed by atoms with E-state index in [2.05, 4.69) is 12.2 Å². The molecule has 0 bridgehead atoms. The third-order valence-electron chi connectivity index (χ3n) is 3.56.